The molecule has 0 fully saturated rings. The summed E-state index contributed by atoms with van der Waals surface area (Å²) in [6, 6.07) is 9.17. The lowest BCUT2D eigenvalue weighted by Gasteiger charge is -2.11. The van der Waals surface area contributed by atoms with Crippen molar-refractivity contribution >= 4 is 22.8 Å². The fourth-order valence-electron chi connectivity index (χ4n) is 2.49. The number of hydrazone groups is 2. The molecule has 2 aromatic carbocycles. The highest BCUT2D eigenvalue weighted by atomic mass is 19.4. The van der Waals surface area contributed by atoms with Crippen molar-refractivity contribution in [3.63, 3.8) is 0 Å². The summed E-state index contributed by atoms with van der Waals surface area (Å²) in [6.07, 6.45) is -8.13. The van der Waals surface area contributed by atoms with Crippen LogP contribution < -0.4 is 10.9 Å². The zero-order valence-corrected chi connectivity index (χ0v) is 16.2. The highest BCUT2D eigenvalue weighted by molar-refractivity contribution is 6.42. The summed E-state index contributed by atoms with van der Waals surface area (Å²) in [5.41, 5.74) is 4.75. The quantitative estimate of drug-likeness (QED) is 0.289. The van der Waals surface area contributed by atoms with Crippen LogP contribution in [-0.4, -0.2) is 11.4 Å². The normalized spacial score (nSPS) is 13.3. The molecule has 0 aromatic heterocycles. The molecule has 2 aromatic rings. The van der Waals surface area contributed by atoms with Gasteiger partial charge in [0.1, 0.15) is 0 Å². The smallest absolute Gasteiger partial charge is 0.278 e. The van der Waals surface area contributed by atoms with Crippen LogP contribution in [0.25, 0.3) is 0 Å². The van der Waals surface area contributed by atoms with Gasteiger partial charge in [-0.05, 0) is 49.2 Å². The lowest BCUT2D eigenvalue weighted by atomic mass is 10.1. The third-order valence-electron chi connectivity index (χ3n) is 4.02. The van der Waals surface area contributed by atoms with E-state index in [9.17, 15) is 26.3 Å². The highest BCUT2D eigenvalue weighted by Crippen LogP contribution is 2.31. The Kier molecular flexibility index (Phi) is 7.47. The number of nitrogens with one attached hydrogen (secondary N) is 2. The standard InChI is InChI=1S/C20H20F6N4/c1-3-17(29-27-15-9-5-7-13(11-15)19(21,22)23)18(4-2)30-28-16-10-6-8-14(12-16)20(24,25)26/h5-12,27-28H,3-4H2,1-2H3/b29-17+,30-18+. The molecule has 30 heavy (non-hydrogen) atoms. The van der Waals surface area contributed by atoms with Crippen LogP contribution in [0.1, 0.15) is 37.8 Å². The van der Waals surface area contributed by atoms with Gasteiger partial charge in [0.25, 0.3) is 0 Å². The number of alkyl halides is 6. The van der Waals surface area contributed by atoms with Crippen molar-refractivity contribution in [3.05, 3.63) is 59.7 Å². The van der Waals surface area contributed by atoms with E-state index in [4.69, 9.17) is 0 Å². The Bertz CT molecular complexity index is 840. The van der Waals surface area contributed by atoms with E-state index in [1.165, 1.54) is 24.3 Å². The van der Waals surface area contributed by atoms with Crippen LogP contribution in [0.4, 0.5) is 37.7 Å². The van der Waals surface area contributed by atoms with E-state index in [1.807, 2.05) is 0 Å². The summed E-state index contributed by atoms with van der Waals surface area (Å²) in [4.78, 5) is 0. The SMILES string of the molecule is CCC(=N\Nc1cccc(C(F)(F)F)c1)/C(CC)=N/Nc1cccc(C(F)(F)F)c1. The molecule has 0 atom stereocenters. The molecule has 10 heteroatoms. The maximum Gasteiger partial charge on any atom is 0.416 e. The van der Waals surface area contributed by atoms with Crippen LogP contribution in [-0.2, 0) is 12.4 Å². The molecule has 0 bridgehead atoms. The minimum absolute atomic E-state index is 0.150. The van der Waals surface area contributed by atoms with Crippen LogP contribution in [0.5, 0.6) is 0 Å². The van der Waals surface area contributed by atoms with Crippen molar-refractivity contribution < 1.29 is 26.3 Å². The predicted molar refractivity (Wildman–Crippen MR) is 106 cm³/mol. The van der Waals surface area contributed by atoms with E-state index in [1.54, 1.807) is 13.8 Å². The molecular formula is C20H20F6N4. The monoisotopic (exact) mass is 430 g/mol. The average molecular weight is 430 g/mol. The predicted octanol–water partition coefficient (Wildman–Crippen LogP) is 6.78. The van der Waals surface area contributed by atoms with Crippen molar-refractivity contribution in [1.82, 2.24) is 0 Å². The summed E-state index contributed by atoms with van der Waals surface area (Å²) in [5.74, 6) is 0. The van der Waals surface area contributed by atoms with Gasteiger partial charge in [0.05, 0.1) is 33.9 Å². The second-order valence-corrected chi connectivity index (χ2v) is 6.20. The molecule has 0 radical (unpaired) electrons. The number of halogens is 6. The van der Waals surface area contributed by atoms with E-state index in [0.29, 0.717) is 24.3 Å². The van der Waals surface area contributed by atoms with Crippen molar-refractivity contribution in [1.29, 1.82) is 0 Å². The van der Waals surface area contributed by atoms with E-state index in [-0.39, 0.29) is 11.4 Å². The first-order chi connectivity index (χ1) is 14.0. The molecule has 0 unspecified atom stereocenters. The van der Waals surface area contributed by atoms with E-state index in [2.05, 4.69) is 21.1 Å². The highest BCUT2D eigenvalue weighted by Gasteiger charge is 2.31. The third kappa shape index (κ3) is 6.50. The number of anilines is 2. The lowest BCUT2D eigenvalue weighted by Crippen LogP contribution is -2.16. The first kappa shape index (κ1) is 23.2. The summed E-state index contributed by atoms with van der Waals surface area (Å²) in [5, 5.41) is 8.25. The lowest BCUT2D eigenvalue weighted by molar-refractivity contribution is -0.138. The Morgan fingerprint density at radius 3 is 1.37 bits per heavy atom. The van der Waals surface area contributed by atoms with Crippen LogP contribution in [0.3, 0.4) is 0 Å². The molecule has 0 saturated carbocycles. The van der Waals surface area contributed by atoms with E-state index < -0.39 is 23.5 Å². The minimum atomic E-state index is -4.47. The second-order valence-electron chi connectivity index (χ2n) is 6.20. The van der Waals surface area contributed by atoms with Gasteiger partial charge >= 0.3 is 12.4 Å². The average Bonchev–Trinajstić information content (AvgIpc) is 2.69. The molecule has 2 rings (SSSR count). The number of rotatable bonds is 7. The largest absolute Gasteiger partial charge is 0.416 e. The van der Waals surface area contributed by atoms with Crippen molar-refractivity contribution in [2.45, 2.75) is 39.0 Å². The van der Waals surface area contributed by atoms with Crippen LogP contribution in [0.2, 0.25) is 0 Å². The first-order valence-electron chi connectivity index (χ1n) is 9.04. The van der Waals surface area contributed by atoms with Gasteiger partial charge in [-0.1, -0.05) is 26.0 Å². The Hall–Kier alpha value is -3.04. The van der Waals surface area contributed by atoms with Gasteiger partial charge in [0.15, 0.2) is 0 Å². The number of benzene rings is 2. The minimum Gasteiger partial charge on any atom is -0.278 e. The Morgan fingerprint density at radius 2 is 1.07 bits per heavy atom. The summed E-state index contributed by atoms with van der Waals surface area (Å²) in [6.45, 7) is 3.56. The fraction of sp³-hybridized carbons (Fsp3) is 0.300. The summed E-state index contributed by atoms with van der Waals surface area (Å²) in [7, 11) is 0. The molecule has 0 aliphatic rings. The van der Waals surface area contributed by atoms with Crippen LogP contribution in [0.15, 0.2) is 58.7 Å². The molecule has 0 amide bonds. The van der Waals surface area contributed by atoms with Crippen molar-refractivity contribution in [2.24, 2.45) is 10.2 Å². The van der Waals surface area contributed by atoms with Gasteiger partial charge in [-0.15, -0.1) is 0 Å². The molecule has 4 nitrogen and oxygen atoms in total. The van der Waals surface area contributed by atoms with Crippen molar-refractivity contribution in [3.8, 4) is 0 Å². The van der Waals surface area contributed by atoms with Gasteiger partial charge < -0.3 is 0 Å². The van der Waals surface area contributed by atoms with Crippen LogP contribution in [0, 0.1) is 0 Å². The molecule has 0 saturated heterocycles. The Morgan fingerprint density at radius 1 is 0.700 bits per heavy atom. The van der Waals surface area contributed by atoms with Gasteiger partial charge in [-0.2, -0.15) is 36.5 Å². The van der Waals surface area contributed by atoms with Gasteiger partial charge in [-0.3, -0.25) is 10.9 Å². The van der Waals surface area contributed by atoms with Crippen LogP contribution >= 0.6 is 0 Å². The second kappa shape index (κ2) is 9.64. The van der Waals surface area contributed by atoms with Gasteiger partial charge in [-0.25, -0.2) is 0 Å². The molecule has 0 heterocycles. The molecule has 0 aliphatic carbocycles. The van der Waals surface area contributed by atoms with Gasteiger partial charge in [0, 0.05) is 0 Å². The molecule has 162 valence electrons. The van der Waals surface area contributed by atoms with Gasteiger partial charge in [0.2, 0.25) is 0 Å². The summed E-state index contributed by atoms with van der Waals surface area (Å²) < 4.78 is 76.9. The van der Waals surface area contributed by atoms with E-state index >= 15 is 0 Å². The van der Waals surface area contributed by atoms with E-state index in [0.717, 1.165) is 24.3 Å². The Labute approximate surface area is 169 Å². The zero-order chi connectivity index (χ0) is 22.4. The third-order valence-corrected chi connectivity index (χ3v) is 4.02. The maximum absolute atomic E-state index is 12.8. The molecular weight excluding hydrogens is 410 g/mol. The summed E-state index contributed by atoms with van der Waals surface area (Å²) >= 11 is 0. The fourth-order valence-corrected chi connectivity index (χ4v) is 2.49. The molecule has 2 N–H and O–H groups in total. The zero-order valence-electron chi connectivity index (χ0n) is 16.2. The number of nitrogens with zero attached hydrogens (tertiary/aromatic N) is 2. The Balaban J connectivity index is 2.19. The number of hydrogen-bond acceptors (Lipinski definition) is 4. The maximum atomic E-state index is 12.8. The molecule has 0 aliphatic heterocycles. The first-order valence-corrected chi connectivity index (χ1v) is 9.04. The molecule has 0 spiro atoms. The topological polar surface area (TPSA) is 48.8 Å². The van der Waals surface area contributed by atoms with Crippen molar-refractivity contribution in [2.75, 3.05) is 10.9 Å². The number of hydrogen-bond donors (Lipinski definition) is 2.